The van der Waals surface area contributed by atoms with Gasteiger partial charge in [-0.3, -0.25) is 4.79 Å². The lowest BCUT2D eigenvalue weighted by Gasteiger charge is -2.60. The normalized spacial score (nSPS) is 15.9. The summed E-state index contributed by atoms with van der Waals surface area (Å²) in [5.74, 6) is 0.383. The summed E-state index contributed by atoms with van der Waals surface area (Å²) in [7, 11) is -7.59. The fraction of sp³-hybridized carbons (Fsp3) is 0.590. The van der Waals surface area contributed by atoms with Crippen LogP contribution in [0, 0.1) is 10.8 Å². The van der Waals surface area contributed by atoms with E-state index in [4.69, 9.17) is 13.6 Å². The summed E-state index contributed by atoms with van der Waals surface area (Å²) in [5.41, 5.74) is 2.61. The summed E-state index contributed by atoms with van der Waals surface area (Å²) < 4.78 is 22.9. The molecule has 0 bridgehead atoms. The lowest BCUT2D eigenvalue weighted by atomic mass is 9.62. The Labute approximate surface area is 420 Å². The van der Waals surface area contributed by atoms with Gasteiger partial charge in [0, 0.05) is 22.8 Å². The first-order valence-corrected chi connectivity index (χ1v) is 35.2. The number of hydrogen-bond acceptors (Lipinski definition) is 4. The molecule has 0 aliphatic carbocycles. The third-order valence-electron chi connectivity index (χ3n) is 18.6. The molecule has 0 aliphatic heterocycles. The van der Waals surface area contributed by atoms with Crippen LogP contribution in [-0.2, 0) is 25.6 Å². The van der Waals surface area contributed by atoms with Crippen molar-refractivity contribution in [1.82, 2.24) is 0 Å². The molecule has 4 aromatic rings. The van der Waals surface area contributed by atoms with E-state index >= 15 is 4.79 Å². The second-order valence-corrected chi connectivity index (χ2v) is 38.1. The van der Waals surface area contributed by atoms with Crippen molar-refractivity contribution in [3.63, 3.8) is 0 Å². The first-order chi connectivity index (χ1) is 31.6. The highest BCUT2D eigenvalue weighted by atomic mass is 28.4. The van der Waals surface area contributed by atoms with Crippen LogP contribution in [0.1, 0.15) is 168 Å². The van der Waals surface area contributed by atoms with Crippen molar-refractivity contribution in [3.05, 3.63) is 144 Å². The molecule has 68 heavy (non-hydrogen) atoms. The van der Waals surface area contributed by atoms with E-state index in [-0.39, 0.29) is 26.5 Å². The van der Waals surface area contributed by atoms with Gasteiger partial charge in [0.05, 0.1) is 13.3 Å². The minimum atomic E-state index is -2.65. The number of carbonyl (C=O) groups is 1. The predicted molar refractivity (Wildman–Crippen MR) is 301 cm³/mol. The number of ketones is 1. The zero-order valence-corrected chi connectivity index (χ0v) is 49.6. The average molecular weight is 978 g/mol. The number of ether oxygens (including phenoxy) is 1. The van der Waals surface area contributed by atoms with Gasteiger partial charge in [-0.15, -0.1) is 0 Å². The molecule has 3 atom stereocenters. The molecule has 0 amide bonds. The van der Waals surface area contributed by atoms with Gasteiger partial charge in [-0.25, -0.2) is 0 Å². The van der Waals surface area contributed by atoms with E-state index in [1.807, 2.05) is 55.5 Å². The van der Waals surface area contributed by atoms with Gasteiger partial charge in [0.1, 0.15) is 0 Å². The van der Waals surface area contributed by atoms with Gasteiger partial charge in [0.15, 0.2) is 19.7 Å². The highest BCUT2D eigenvalue weighted by Crippen LogP contribution is 2.62. The number of benzene rings is 4. The third kappa shape index (κ3) is 11.2. The fourth-order valence-electron chi connectivity index (χ4n) is 13.1. The molecule has 376 valence electrons. The van der Waals surface area contributed by atoms with E-state index in [0.29, 0.717) is 18.1 Å². The Morgan fingerprint density at radius 1 is 0.529 bits per heavy atom. The van der Waals surface area contributed by atoms with E-state index in [0.717, 1.165) is 56.9 Å². The number of rotatable bonds is 27. The van der Waals surface area contributed by atoms with Crippen molar-refractivity contribution in [3.8, 4) is 0 Å². The van der Waals surface area contributed by atoms with Gasteiger partial charge in [-0.05, 0) is 118 Å². The minimum absolute atomic E-state index is 0.0101. The lowest BCUT2D eigenvalue weighted by molar-refractivity contribution is -0.104. The van der Waals surface area contributed by atoms with Gasteiger partial charge in [0.25, 0.3) is 0 Å². The van der Waals surface area contributed by atoms with Crippen LogP contribution in [0.2, 0.25) is 49.4 Å². The van der Waals surface area contributed by atoms with Crippen molar-refractivity contribution in [2.24, 2.45) is 10.8 Å². The summed E-state index contributed by atoms with van der Waals surface area (Å²) >= 11 is 0. The van der Waals surface area contributed by atoms with E-state index in [9.17, 15) is 0 Å². The van der Waals surface area contributed by atoms with E-state index in [1.54, 1.807) is 0 Å². The maximum atomic E-state index is 15.2. The third-order valence-corrected chi connectivity index (χ3v) is 34.1. The zero-order chi connectivity index (χ0) is 51.1. The molecule has 0 heterocycles. The molecule has 3 unspecified atom stereocenters. The standard InChI is InChI=1S/C61H96O4Si3/c1-20-58(13,66(14,15)59(21-2,22-3)47-55(7,8)53(50-40-32-27-33-41-50)46-49-38-30-26-31-39-49)65-67(16,17)57(11,12)64-68(18,19)60(23-4,24-5)48-56(9,10)61(63-25-6,52-44-36-29-37-45-52)54(62)51-42-34-28-35-43-51/h26-45,53H,20-25,46-48H2,1-19H3. The largest absolute Gasteiger partial charge is 0.412 e. The molecule has 4 aromatic carbocycles. The van der Waals surface area contributed by atoms with Crippen LogP contribution in [-0.4, -0.2) is 47.5 Å². The molecule has 0 saturated heterocycles. The predicted octanol–water partition coefficient (Wildman–Crippen LogP) is 18.0. The molecule has 0 aliphatic rings. The highest BCUT2D eigenvalue weighted by molar-refractivity contribution is 6.85. The van der Waals surface area contributed by atoms with E-state index in [2.05, 4.69) is 195 Å². The van der Waals surface area contributed by atoms with Crippen molar-refractivity contribution in [2.45, 2.75) is 213 Å². The van der Waals surface area contributed by atoms with Crippen LogP contribution >= 0.6 is 0 Å². The highest BCUT2D eigenvalue weighted by Gasteiger charge is 2.63. The van der Waals surface area contributed by atoms with E-state index in [1.165, 1.54) is 11.1 Å². The Kier molecular flexibility index (Phi) is 18.9. The van der Waals surface area contributed by atoms with Crippen LogP contribution in [0.5, 0.6) is 0 Å². The quantitative estimate of drug-likeness (QED) is 0.0441. The second kappa shape index (κ2) is 22.2. The maximum Gasteiger partial charge on any atom is 0.216 e. The summed E-state index contributed by atoms with van der Waals surface area (Å²) in [6.45, 7) is 46.3. The lowest BCUT2D eigenvalue weighted by Crippen LogP contribution is -2.69. The Morgan fingerprint density at radius 3 is 1.44 bits per heavy atom. The molecule has 0 spiro atoms. The summed E-state index contributed by atoms with van der Waals surface area (Å²) in [6, 6.07) is 42.4. The van der Waals surface area contributed by atoms with Crippen LogP contribution in [0.25, 0.3) is 0 Å². The second-order valence-electron chi connectivity index (χ2n) is 24.0. The maximum absolute atomic E-state index is 15.2. The van der Waals surface area contributed by atoms with E-state index < -0.39 is 40.9 Å². The van der Waals surface area contributed by atoms with Crippen LogP contribution < -0.4 is 0 Å². The molecule has 4 rings (SSSR count). The Hall–Kier alpha value is -2.92. The smallest absolute Gasteiger partial charge is 0.216 e. The van der Waals surface area contributed by atoms with Crippen LogP contribution in [0.3, 0.4) is 0 Å². The Balaban J connectivity index is 1.75. The molecule has 4 nitrogen and oxygen atoms in total. The first-order valence-electron chi connectivity index (χ1n) is 26.4. The number of carbonyl (C=O) groups excluding carboxylic acids is 1. The topological polar surface area (TPSA) is 44.8 Å². The molecular formula is C61H96O4Si3. The van der Waals surface area contributed by atoms with Gasteiger partial charge in [-0.2, -0.15) is 0 Å². The monoisotopic (exact) mass is 977 g/mol. The van der Waals surface area contributed by atoms with Crippen molar-refractivity contribution in [2.75, 3.05) is 6.61 Å². The molecule has 0 N–H and O–H groups in total. The SMILES string of the molecule is CCOC(C(=O)c1ccccc1)(c1ccccc1)C(C)(C)CC(CC)(CC)[Si](C)(C)OC(C)(C)[Si](C)(C)OC(C)(CC)[Si](C)(C)C(CC)(CC)CC(C)(C)C(Cc1ccccc1)c1ccccc1. The molecule has 0 aromatic heterocycles. The van der Waals surface area contributed by atoms with Crippen LogP contribution in [0.15, 0.2) is 121 Å². The van der Waals surface area contributed by atoms with Gasteiger partial charge >= 0.3 is 0 Å². The molecule has 7 heteroatoms. The Morgan fingerprint density at radius 2 is 0.985 bits per heavy atom. The van der Waals surface area contributed by atoms with Gasteiger partial charge < -0.3 is 13.6 Å². The van der Waals surface area contributed by atoms with Crippen molar-refractivity contribution in [1.29, 1.82) is 0 Å². The zero-order valence-electron chi connectivity index (χ0n) is 46.6. The molecule has 0 fully saturated rings. The Bertz CT molecular complexity index is 2160. The summed E-state index contributed by atoms with van der Waals surface area (Å²) in [5, 5.41) is -0.858. The average Bonchev–Trinajstić information content (AvgIpc) is 3.31. The van der Waals surface area contributed by atoms with Gasteiger partial charge in [0.2, 0.25) is 8.32 Å². The molecular weight excluding hydrogens is 881 g/mol. The van der Waals surface area contributed by atoms with Crippen molar-refractivity contribution >= 4 is 30.5 Å². The summed E-state index contributed by atoms with van der Waals surface area (Å²) in [4.78, 5) is 15.2. The number of Topliss-reactive ketones (excluding diaryl/α,β-unsaturated/α-hetero) is 1. The minimum Gasteiger partial charge on any atom is -0.412 e. The number of hydrogen-bond donors (Lipinski definition) is 0. The first kappa shape index (κ1) is 57.7. The summed E-state index contributed by atoms with van der Waals surface area (Å²) in [6.07, 6.45) is 8.03. The molecule has 0 saturated carbocycles. The van der Waals surface area contributed by atoms with Crippen molar-refractivity contribution < 1.29 is 18.4 Å². The van der Waals surface area contributed by atoms with Crippen LogP contribution in [0.4, 0.5) is 0 Å². The molecule has 0 radical (unpaired) electrons. The van der Waals surface area contributed by atoms with Gasteiger partial charge in [-0.1, -0.05) is 222 Å². The fourth-order valence-corrected chi connectivity index (χ4v) is 26.9.